The Morgan fingerprint density at radius 3 is 1.95 bits per heavy atom. The van der Waals surface area contributed by atoms with Gasteiger partial charge >= 0.3 is 6.09 Å². The third-order valence-corrected chi connectivity index (χ3v) is 13.0. The van der Waals surface area contributed by atoms with Gasteiger partial charge in [0, 0.05) is 12.3 Å². The van der Waals surface area contributed by atoms with Crippen LogP contribution in [0.5, 0.6) is 5.88 Å². The number of ether oxygens (including phenoxy) is 2. The summed E-state index contributed by atoms with van der Waals surface area (Å²) in [7, 11) is -4.44. The fourth-order valence-corrected chi connectivity index (χ4v) is 10.2. The molecule has 1 heterocycles. The molecule has 7 nitrogen and oxygen atoms in total. The van der Waals surface area contributed by atoms with Crippen LogP contribution in [0.2, 0.25) is 5.04 Å². The molecule has 0 fully saturated rings. The van der Waals surface area contributed by atoms with Crippen molar-refractivity contribution in [2.45, 2.75) is 83.8 Å². The number of amides is 1. The zero-order valence-corrected chi connectivity index (χ0v) is 28.0. The summed E-state index contributed by atoms with van der Waals surface area (Å²) in [6.45, 7) is 17.1. The Balaban J connectivity index is 1.64. The van der Waals surface area contributed by atoms with Crippen molar-refractivity contribution in [3.8, 4) is 5.88 Å². The lowest BCUT2D eigenvalue weighted by atomic mass is 10.1. The van der Waals surface area contributed by atoms with Gasteiger partial charge in [-0.05, 0) is 74.0 Å². The number of nitrogens with one attached hydrogen (secondary N) is 1. The normalized spacial score (nSPS) is 13.7. The van der Waals surface area contributed by atoms with E-state index in [0.717, 1.165) is 18.5 Å². The lowest BCUT2D eigenvalue weighted by Gasteiger charge is -2.43. The molecule has 3 rings (SSSR count). The number of carbonyl (C=O) groups is 1. The molecule has 228 valence electrons. The van der Waals surface area contributed by atoms with E-state index in [4.69, 9.17) is 13.9 Å². The first-order valence-corrected chi connectivity index (χ1v) is 17.6. The summed E-state index contributed by atoms with van der Waals surface area (Å²) >= 11 is 0. The molecule has 0 aliphatic rings. The van der Waals surface area contributed by atoms with E-state index in [0.29, 0.717) is 24.0 Å². The number of pyridine rings is 1. The maximum atomic E-state index is 12.9. The van der Waals surface area contributed by atoms with Crippen LogP contribution in [-0.4, -0.2) is 42.4 Å². The highest BCUT2D eigenvalue weighted by molar-refractivity contribution is 7.83. The molecule has 2 aromatic carbocycles. The Morgan fingerprint density at radius 1 is 0.881 bits per heavy atom. The Hall–Kier alpha value is -3.01. The molecule has 9 heteroatoms. The molecular weight excluding hydrogens is 565 g/mol. The Bertz CT molecular complexity index is 1280. The Morgan fingerprint density at radius 2 is 1.43 bits per heavy atom. The second-order valence-corrected chi connectivity index (χ2v) is 18.2. The average molecular weight is 611 g/mol. The third-order valence-electron chi connectivity index (χ3n) is 6.93. The Labute approximate surface area is 255 Å². The van der Waals surface area contributed by atoms with Gasteiger partial charge in [0.25, 0.3) is 8.32 Å². The number of hydrogen-bond acceptors (Lipinski definition) is 6. The largest absolute Gasteiger partial charge is 0.477 e. The molecule has 0 spiro atoms. The van der Waals surface area contributed by atoms with Gasteiger partial charge in [-0.25, -0.2) is 18.7 Å². The first kappa shape index (κ1) is 33.5. The smallest absolute Gasteiger partial charge is 0.419 e. The van der Waals surface area contributed by atoms with Crippen LogP contribution in [0, 0.1) is 12.8 Å². The van der Waals surface area contributed by atoms with E-state index in [2.05, 4.69) is 98.1 Å². The average Bonchev–Trinajstić information content (AvgIpc) is 2.90. The summed E-state index contributed by atoms with van der Waals surface area (Å²) in [4.78, 5) is 16.9. The van der Waals surface area contributed by atoms with Crippen molar-refractivity contribution in [1.82, 2.24) is 9.71 Å². The van der Waals surface area contributed by atoms with Crippen LogP contribution in [0.1, 0.15) is 67.0 Å². The number of aromatic nitrogens is 1. The zero-order chi connectivity index (χ0) is 31.0. The standard InChI is InChI=1S/C33H46N2O5SSi/c1-25(21-23-38-30-29(20-19-26(2)34-30)41(37)35-31(36)40-32(3,4)5)22-24-39-42(33(6,7)8,27-15-11-9-12-16-27)28-17-13-10-14-18-28/h9-20,25H,21-24H2,1-8H3,(H,35,36)/t25-,41?/m0/s1. The highest BCUT2D eigenvalue weighted by atomic mass is 32.2. The number of hydrogen-bond donors (Lipinski definition) is 1. The monoisotopic (exact) mass is 610 g/mol. The van der Waals surface area contributed by atoms with Crippen molar-refractivity contribution in [3.63, 3.8) is 0 Å². The van der Waals surface area contributed by atoms with E-state index >= 15 is 0 Å². The zero-order valence-electron chi connectivity index (χ0n) is 26.2. The van der Waals surface area contributed by atoms with Crippen molar-refractivity contribution in [2.24, 2.45) is 5.92 Å². The molecule has 0 saturated carbocycles. The fraction of sp³-hybridized carbons (Fsp3) is 0.455. The van der Waals surface area contributed by atoms with Crippen LogP contribution in [0.25, 0.3) is 0 Å². The van der Waals surface area contributed by atoms with Crippen molar-refractivity contribution >= 4 is 35.8 Å². The van der Waals surface area contributed by atoms with Crippen LogP contribution < -0.4 is 19.8 Å². The van der Waals surface area contributed by atoms with Gasteiger partial charge in [0.15, 0.2) is 11.0 Å². The molecule has 42 heavy (non-hydrogen) atoms. The van der Waals surface area contributed by atoms with Crippen LogP contribution in [-0.2, 0) is 20.1 Å². The van der Waals surface area contributed by atoms with Gasteiger partial charge in [0.1, 0.15) is 10.5 Å². The topological polar surface area (TPSA) is 86.8 Å². The number of carbonyl (C=O) groups excluding carboxylic acids is 1. The summed E-state index contributed by atoms with van der Waals surface area (Å²) in [6, 6.07) is 24.7. The molecule has 0 aliphatic heterocycles. The van der Waals surface area contributed by atoms with E-state index in [-0.39, 0.29) is 10.9 Å². The minimum atomic E-state index is -2.57. The predicted molar refractivity (Wildman–Crippen MR) is 172 cm³/mol. The molecule has 0 aliphatic carbocycles. The molecule has 1 N–H and O–H groups in total. The van der Waals surface area contributed by atoms with Gasteiger partial charge < -0.3 is 13.9 Å². The molecule has 1 unspecified atom stereocenters. The van der Waals surface area contributed by atoms with Crippen LogP contribution in [0.15, 0.2) is 77.7 Å². The van der Waals surface area contributed by atoms with Gasteiger partial charge in [-0.3, -0.25) is 0 Å². The summed E-state index contributed by atoms with van der Waals surface area (Å²) < 4.78 is 33.5. The summed E-state index contributed by atoms with van der Waals surface area (Å²) in [5, 5.41) is 2.47. The second-order valence-electron chi connectivity index (χ2n) is 12.7. The maximum absolute atomic E-state index is 12.9. The van der Waals surface area contributed by atoms with Gasteiger partial charge in [0.2, 0.25) is 5.88 Å². The van der Waals surface area contributed by atoms with E-state index in [1.807, 2.05) is 6.92 Å². The molecule has 2 atom stereocenters. The summed E-state index contributed by atoms with van der Waals surface area (Å²) in [5.41, 5.74) is 0.0331. The Kier molecular flexibility index (Phi) is 11.5. The second kappa shape index (κ2) is 14.4. The van der Waals surface area contributed by atoms with Crippen molar-refractivity contribution in [2.75, 3.05) is 13.2 Å². The molecule has 0 radical (unpaired) electrons. The summed E-state index contributed by atoms with van der Waals surface area (Å²) in [6.07, 6.45) is 0.876. The first-order valence-electron chi connectivity index (χ1n) is 14.5. The molecule has 3 aromatic rings. The van der Waals surface area contributed by atoms with Crippen LogP contribution >= 0.6 is 0 Å². The molecular formula is C33H46N2O5SSi. The third kappa shape index (κ3) is 8.99. The minimum Gasteiger partial charge on any atom is -0.477 e. The molecule has 1 amide bonds. The molecule has 1 aromatic heterocycles. The highest BCUT2D eigenvalue weighted by Crippen LogP contribution is 2.37. The van der Waals surface area contributed by atoms with E-state index in [9.17, 15) is 9.00 Å². The molecule has 0 saturated heterocycles. The number of rotatable bonds is 12. The predicted octanol–water partition coefficient (Wildman–Crippen LogP) is 6.31. The SMILES string of the molecule is Cc1ccc(S(=O)NC(=O)OC(C)(C)C)c(OCC[C@H](C)CCO[Si](c2ccccc2)(c2ccccc2)C(C)(C)C)n1. The van der Waals surface area contributed by atoms with E-state index in [1.54, 1.807) is 32.9 Å². The van der Waals surface area contributed by atoms with Gasteiger partial charge in [-0.15, -0.1) is 0 Å². The lowest BCUT2D eigenvalue weighted by molar-refractivity contribution is 0.0572. The number of nitrogens with zero attached hydrogens (tertiary/aromatic N) is 1. The van der Waals surface area contributed by atoms with Crippen LogP contribution in [0.4, 0.5) is 4.79 Å². The minimum absolute atomic E-state index is 0.0711. The van der Waals surface area contributed by atoms with E-state index in [1.165, 1.54) is 10.4 Å². The van der Waals surface area contributed by atoms with Gasteiger partial charge in [-0.1, -0.05) is 88.4 Å². The number of benzene rings is 2. The van der Waals surface area contributed by atoms with Crippen molar-refractivity contribution < 1.29 is 22.9 Å². The van der Waals surface area contributed by atoms with Crippen molar-refractivity contribution in [3.05, 3.63) is 78.5 Å². The summed E-state index contributed by atoms with van der Waals surface area (Å²) in [5.74, 6) is 0.571. The quantitative estimate of drug-likeness (QED) is 0.242. The molecule has 0 bridgehead atoms. The van der Waals surface area contributed by atoms with Crippen molar-refractivity contribution in [1.29, 1.82) is 0 Å². The highest BCUT2D eigenvalue weighted by Gasteiger charge is 2.50. The fourth-order valence-electron chi connectivity index (χ4n) is 4.87. The van der Waals surface area contributed by atoms with Gasteiger partial charge in [0.05, 0.1) is 6.61 Å². The van der Waals surface area contributed by atoms with E-state index < -0.39 is 31.0 Å². The first-order chi connectivity index (χ1) is 19.7. The number of aryl methyl sites for hydroxylation is 1. The lowest BCUT2D eigenvalue weighted by Crippen LogP contribution is -2.66. The maximum Gasteiger partial charge on any atom is 0.419 e. The van der Waals surface area contributed by atoms with Crippen LogP contribution in [0.3, 0.4) is 0 Å². The van der Waals surface area contributed by atoms with Gasteiger partial charge in [-0.2, -0.15) is 0 Å².